The Hall–Kier alpha value is -1.40. The van der Waals surface area contributed by atoms with Crippen LogP contribution in [0.1, 0.15) is 29.3 Å². The molecule has 0 radical (unpaired) electrons. The van der Waals surface area contributed by atoms with Crippen LogP contribution in [-0.4, -0.2) is 49.8 Å². The summed E-state index contributed by atoms with van der Waals surface area (Å²) in [7, 11) is -3.35. The van der Waals surface area contributed by atoms with E-state index in [9.17, 15) is 18.3 Å². The van der Waals surface area contributed by atoms with Gasteiger partial charge in [0.15, 0.2) is 9.84 Å². The summed E-state index contributed by atoms with van der Waals surface area (Å²) < 4.78 is 23.3. The minimum Gasteiger partial charge on any atom is -0.394 e. The van der Waals surface area contributed by atoms with Gasteiger partial charge >= 0.3 is 0 Å². The van der Waals surface area contributed by atoms with Crippen LogP contribution in [0.3, 0.4) is 0 Å². The van der Waals surface area contributed by atoms with Gasteiger partial charge in [-0.1, -0.05) is 13.0 Å². The molecule has 0 saturated carbocycles. The Morgan fingerprint density at radius 3 is 2.67 bits per heavy atom. The van der Waals surface area contributed by atoms with Crippen molar-refractivity contribution in [3.8, 4) is 0 Å². The number of carbonyl (C=O) groups is 1. The highest BCUT2D eigenvalue weighted by atomic mass is 32.2. The average Bonchev–Trinajstić information content (AvgIpc) is 2.78. The molecule has 1 aromatic rings. The minimum atomic E-state index is -3.35. The van der Waals surface area contributed by atoms with Crippen molar-refractivity contribution >= 4 is 15.7 Å². The Bertz CT molecular complexity index is 654. The van der Waals surface area contributed by atoms with Crippen molar-refractivity contribution in [2.45, 2.75) is 31.2 Å². The predicted molar refractivity (Wildman–Crippen MR) is 80.0 cm³/mol. The van der Waals surface area contributed by atoms with Crippen LogP contribution < -0.4 is 0 Å². The first kappa shape index (κ1) is 16.0. The van der Waals surface area contributed by atoms with Gasteiger partial charge in [0.25, 0.3) is 5.91 Å². The molecule has 0 bridgehead atoms. The van der Waals surface area contributed by atoms with E-state index in [0.717, 1.165) is 18.2 Å². The lowest BCUT2D eigenvalue weighted by Gasteiger charge is -2.26. The molecule has 5 nitrogen and oxygen atoms in total. The molecule has 1 aliphatic rings. The summed E-state index contributed by atoms with van der Waals surface area (Å²) >= 11 is 0. The predicted octanol–water partition coefficient (Wildman–Crippen LogP) is 1.24. The second-order valence-electron chi connectivity index (χ2n) is 5.76. The van der Waals surface area contributed by atoms with Crippen LogP contribution in [0.5, 0.6) is 0 Å². The fourth-order valence-electron chi connectivity index (χ4n) is 2.76. The third-order valence-corrected chi connectivity index (χ3v) is 5.31. The normalized spacial score (nSPS) is 22.6. The van der Waals surface area contributed by atoms with Crippen LogP contribution in [-0.2, 0) is 9.84 Å². The smallest absolute Gasteiger partial charge is 0.254 e. The van der Waals surface area contributed by atoms with Crippen molar-refractivity contribution in [1.82, 2.24) is 4.90 Å². The molecule has 0 spiro atoms. The zero-order chi connectivity index (χ0) is 15.8. The van der Waals surface area contributed by atoms with Gasteiger partial charge in [0.05, 0.1) is 17.5 Å². The summed E-state index contributed by atoms with van der Waals surface area (Å²) in [6, 6.07) is 4.40. The van der Waals surface area contributed by atoms with E-state index in [2.05, 4.69) is 0 Å². The largest absolute Gasteiger partial charge is 0.394 e. The van der Waals surface area contributed by atoms with E-state index in [1.807, 2.05) is 6.92 Å². The molecule has 1 heterocycles. The number of hydrogen-bond acceptors (Lipinski definition) is 4. The molecule has 1 N–H and O–H groups in total. The third-order valence-electron chi connectivity index (χ3n) is 4.20. The highest BCUT2D eigenvalue weighted by Gasteiger charge is 2.34. The molecule has 6 heteroatoms. The van der Waals surface area contributed by atoms with Gasteiger partial charge in [-0.3, -0.25) is 4.79 Å². The first-order valence-electron chi connectivity index (χ1n) is 6.98. The zero-order valence-corrected chi connectivity index (χ0v) is 13.4. The second kappa shape index (κ2) is 5.77. The van der Waals surface area contributed by atoms with Crippen molar-refractivity contribution in [3.05, 3.63) is 29.3 Å². The molecular weight excluding hydrogens is 290 g/mol. The quantitative estimate of drug-likeness (QED) is 0.911. The first-order valence-corrected chi connectivity index (χ1v) is 8.87. The van der Waals surface area contributed by atoms with Crippen molar-refractivity contribution in [2.24, 2.45) is 5.92 Å². The highest BCUT2D eigenvalue weighted by molar-refractivity contribution is 7.90. The number of sulfone groups is 1. The van der Waals surface area contributed by atoms with Gasteiger partial charge < -0.3 is 10.0 Å². The molecule has 21 heavy (non-hydrogen) atoms. The Kier molecular flexibility index (Phi) is 4.39. The number of benzene rings is 1. The number of carbonyl (C=O) groups excluding carboxylic acids is 1. The number of aliphatic hydroxyl groups excluding tert-OH is 1. The van der Waals surface area contributed by atoms with E-state index in [1.165, 1.54) is 12.1 Å². The van der Waals surface area contributed by atoms with Crippen LogP contribution >= 0.6 is 0 Å². The maximum atomic E-state index is 12.7. The highest BCUT2D eigenvalue weighted by Crippen LogP contribution is 2.27. The summed E-state index contributed by atoms with van der Waals surface area (Å²) in [6.07, 6.45) is 1.97. The molecule has 1 aromatic carbocycles. The van der Waals surface area contributed by atoms with Gasteiger partial charge in [0.2, 0.25) is 0 Å². The zero-order valence-electron chi connectivity index (χ0n) is 12.5. The average molecular weight is 311 g/mol. The summed E-state index contributed by atoms with van der Waals surface area (Å²) in [6.45, 7) is 4.31. The summed E-state index contributed by atoms with van der Waals surface area (Å²) in [5.74, 6) is 0.0405. The monoisotopic (exact) mass is 311 g/mol. The molecule has 2 unspecified atom stereocenters. The maximum absolute atomic E-state index is 12.7. The molecule has 2 rings (SSSR count). The van der Waals surface area contributed by atoms with Crippen LogP contribution in [0.15, 0.2) is 23.1 Å². The minimum absolute atomic E-state index is 0.0717. The van der Waals surface area contributed by atoms with Gasteiger partial charge in [-0.2, -0.15) is 0 Å². The lowest BCUT2D eigenvalue weighted by atomic mass is 10.0. The fraction of sp³-hybridized carbons (Fsp3) is 0.533. The van der Waals surface area contributed by atoms with Gasteiger partial charge in [0.1, 0.15) is 0 Å². The fourth-order valence-corrected chi connectivity index (χ4v) is 3.40. The summed E-state index contributed by atoms with van der Waals surface area (Å²) in [5.41, 5.74) is 1.13. The van der Waals surface area contributed by atoms with E-state index in [0.29, 0.717) is 12.1 Å². The van der Waals surface area contributed by atoms with Crippen LogP contribution in [0.4, 0.5) is 0 Å². The Balaban J connectivity index is 2.40. The topological polar surface area (TPSA) is 74.7 Å². The number of aryl methyl sites for hydroxylation is 1. The molecule has 0 aromatic heterocycles. The lowest BCUT2D eigenvalue weighted by Crippen LogP contribution is -2.40. The maximum Gasteiger partial charge on any atom is 0.254 e. The number of rotatable bonds is 3. The van der Waals surface area contributed by atoms with Crippen LogP contribution in [0.2, 0.25) is 0 Å². The molecule has 2 atom stereocenters. The molecule has 1 aliphatic heterocycles. The van der Waals surface area contributed by atoms with Gasteiger partial charge in [-0.15, -0.1) is 0 Å². The van der Waals surface area contributed by atoms with Gasteiger partial charge in [-0.25, -0.2) is 8.42 Å². The van der Waals surface area contributed by atoms with Crippen molar-refractivity contribution in [2.75, 3.05) is 19.4 Å². The molecular formula is C15H21NO4S. The Morgan fingerprint density at radius 2 is 2.10 bits per heavy atom. The SMILES string of the molecule is Cc1ccc(S(C)(=O)=O)cc1C(=O)N1CCC(C)C1CO. The lowest BCUT2D eigenvalue weighted by molar-refractivity contribution is 0.0647. The van der Waals surface area contributed by atoms with Gasteiger partial charge in [-0.05, 0) is 37.0 Å². The second-order valence-corrected chi connectivity index (χ2v) is 7.78. The van der Waals surface area contributed by atoms with E-state index < -0.39 is 9.84 Å². The van der Waals surface area contributed by atoms with E-state index in [4.69, 9.17) is 0 Å². The first-order chi connectivity index (χ1) is 9.75. The summed E-state index contributed by atoms with van der Waals surface area (Å²) in [5, 5.41) is 9.47. The standard InChI is InChI=1S/C15H21NO4S/c1-10-4-5-12(21(3,19)20)8-13(10)15(18)16-7-6-11(2)14(16)9-17/h4-5,8,11,14,17H,6-7,9H2,1-3H3. The van der Waals surface area contributed by atoms with Crippen LogP contribution in [0, 0.1) is 12.8 Å². The number of nitrogens with zero attached hydrogens (tertiary/aromatic N) is 1. The Labute approximate surface area is 125 Å². The van der Waals surface area contributed by atoms with E-state index in [-0.39, 0.29) is 29.4 Å². The molecule has 0 aliphatic carbocycles. The number of likely N-dealkylation sites (tertiary alicyclic amines) is 1. The Morgan fingerprint density at radius 1 is 1.43 bits per heavy atom. The van der Waals surface area contributed by atoms with Crippen molar-refractivity contribution in [3.63, 3.8) is 0 Å². The van der Waals surface area contributed by atoms with Crippen molar-refractivity contribution < 1.29 is 18.3 Å². The summed E-state index contributed by atoms with van der Waals surface area (Å²) in [4.78, 5) is 14.5. The van der Waals surface area contributed by atoms with Gasteiger partial charge in [0, 0.05) is 18.4 Å². The van der Waals surface area contributed by atoms with E-state index in [1.54, 1.807) is 17.9 Å². The van der Waals surface area contributed by atoms with E-state index >= 15 is 0 Å². The molecule has 1 saturated heterocycles. The number of aliphatic hydroxyl groups is 1. The molecule has 1 amide bonds. The van der Waals surface area contributed by atoms with Crippen LogP contribution in [0.25, 0.3) is 0 Å². The van der Waals surface area contributed by atoms with Crippen molar-refractivity contribution in [1.29, 1.82) is 0 Å². The number of hydrogen-bond donors (Lipinski definition) is 1. The molecule has 116 valence electrons. The molecule has 1 fully saturated rings. The third kappa shape index (κ3) is 3.11. The number of amides is 1.